The van der Waals surface area contributed by atoms with Gasteiger partial charge in [-0.25, -0.2) is 8.42 Å². The van der Waals surface area contributed by atoms with Gasteiger partial charge in [-0.1, -0.05) is 47.5 Å². The molecule has 1 N–H and O–H groups in total. The van der Waals surface area contributed by atoms with Crippen molar-refractivity contribution in [1.29, 1.82) is 0 Å². The van der Waals surface area contributed by atoms with Crippen LogP contribution in [0.15, 0.2) is 71.6 Å². The standard InChI is InChI=1S/C21H17Cl2N3O5S/c1-14-18(8-5-9-19(14)26(28)29)24-21(27)13-25(20-12-15(22)10-11-17(20)23)32(30,31)16-6-3-2-4-7-16/h2-12H,13H2,1H3,(H,24,27). The number of halogens is 2. The highest BCUT2D eigenvalue weighted by molar-refractivity contribution is 7.92. The number of sulfonamides is 1. The van der Waals surface area contributed by atoms with Crippen LogP contribution in [-0.4, -0.2) is 25.8 Å². The van der Waals surface area contributed by atoms with Crippen molar-refractivity contribution >= 4 is 56.2 Å². The predicted molar refractivity (Wildman–Crippen MR) is 124 cm³/mol. The Kier molecular flexibility index (Phi) is 7.02. The van der Waals surface area contributed by atoms with Crippen LogP contribution in [0.2, 0.25) is 10.0 Å². The van der Waals surface area contributed by atoms with E-state index in [0.29, 0.717) is 0 Å². The van der Waals surface area contributed by atoms with Crippen LogP contribution in [0, 0.1) is 17.0 Å². The summed E-state index contributed by atoms with van der Waals surface area (Å²) >= 11 is 12.3. The van der Waals surface area contributed by atoms with Crippen LogP contribution in [0.25, 0.3) is 0 Å². The van der Waals surface area contributed by atoms with Crippen LogP contribution in [0.1, 0.15) is 5.56 Å². The number of nitrogens with one attached hydrogen (secondary N) is 1. The second-order valence-electron chi connectivity index (χ2n) is 6.68. The van der Waals surface area contributed by atoms with Crippen molar-refractivity contribution in [3.05, 3.63) is 92.5 Å². The lowest BCUT2D eigenvalue weighted by Gasteiger charge is -2.25. The maximum atomic E-state index is 13.3. The Morgan fingerprint density at radius 3 is 2.41 bits per heavy atom. The van der Waals surface area contributed by atoms with Gasteiger partial charge in [0.15, 0.2) is 0 Å². The summed E-state index contributed by atoms with van der Waals surface area (Å²) in [6, 6.07) is 16.0. The smallest absolute Gasteiger partial charge is 0.274 e. The van der Waals surface area contributed by atoms with Gasteiger partial charge >= 0.3 is 0 Å². The molecule has 3 aromatic rings. The summed E-state index contributed by atoms with van der Waals surface area (Å²) in [6.45, 7) is 0.847. The molecule has 0 bridgehead atoms. The number of nitro benzene ring substituents is 1. The highest BCUT2D eigenvalue weighted by Crippen LogP contribution is 2.33. The van der Waals surface area contributed by atoms with E-state index in [2.05, 4.69) is 5.32 Å². The van der Waals surface area contributed by atoms with Crippen LogP contribution in [0.3, 0.4) is 0 Å². The van der Waals surface area contributed by atoms with E-state index in [1.807, 2.05) is 0 Å². The number of nitro groups is 1. The lowest BCUT2D eigenvalue weighted by molar-refractivity contribution is -0.385. The summed E-state index contributed by atoms with van der Waals surface area (Å²) in [7, 11) is -4.19. The summed E-state index contributed by atoms with van der Waals surface area (Å²) in [5, 5.41) is 14.0. The highest BCUT2D eigenvalue weighted by atomic mass is 35.5. The summed E-state index contributed by atoms with van der Waals surface area (Å²) < 4.78 is 27.5. The number of carbonyl (C=O) groups is 1. The molecule has 0 heterocycles. The van der Waals surface area contributed by atoms with E-state index in [9.17, 15) is 23.3 Å². The van der Waals surface area contributed by atoms with Crippen molar-refractivity contribution < 1.29 is 18.1 Å². The van der Waals surface area contributed by atoms with Crippen LogP contribution < -0.4 is 9.62 Å². The molecule has 1 amide bonds. The summed E-state index contributed by atoms with van der Waals surface area (Å²) in [4.78, 5) is 23.4. The minimum atomic E-state index is -4.19. The van der Waals surface area contributed by atoms with Gasteiger partial charge in [0, 0.05) is 11.1 Å². The van der Waals surface area contributed by atoms with Gasteiger partial charge < -0.3 is 5.32 Å². The number of hydrogen-bond donors (Lipinski definition) is 1. The molecule has 0 saturated heterocycles. The molecular weight excluding hydrogens is 477 g/mol. The first-order valence-corrected chi connectivity index (χ1v) is 11.4. The van der Waals surface area contributed by atoms with Gasteiger partial charge in [-0.2, -0.15) is 0 Å². The van der Waals surface area contributed by atoms with Crippen molar-refractivity contribution in [2.24, 2.45) is 0 Å². The van der Waals surface area contributed by atoms with Gasteiger partial charge in [-0.05, 0) is 43.3 Å². The molecule has 0 fully saturated rings. The Morgan fingerprint density at radius 2 is 1.75 bits per heavy atom. The maximum absolute atomic E-state index is 13.3. The SMILES string of the molecule is Cc1c(NC(=O)CN(c2cc(Cl)ccc2Cl)S(=O)(=O)c2ccccc2)cccc1[N+](=O)[O-]. The van der Waals surface area contributed by atoms with E-state index in [0.717, 1.165) is 4.31 Å². The van der Waals surface area contributed by atoms with Gasteiger partial charge in [0.05, 0.1) is 31.8 Å². The Labute approximate surface area is 194 Å². The number of hydrogen-bond acceptors (Lipinski definition) is 5. The topological polar surface area (TPSA) is 110 Å². The summed E-state index contributed by atoms with van der Waals surface area (Å²) in [5.74, 6) is -0.718. The van der Waals surface area contributed by atoms with E-state index >= 15 is 0 Å². The van der Waals surface area contributed by atoms with Crippen molar-refractivity contribution in [3.63, 3.8) is 0 Å². The fourth-order valence-electron chi connectivity index (χ4n) is 2.97. The first-order chi connectivity index (χ1) is 15.1. The molecule has 8 nitrogen and oxygen atoms in total. The lowest BCUT2D eigenvalue weighted by Crippen LogP contribution is -2.38. The predicted octanol–water partition coefficient (Wildman–Crippen LogP) is 5.04. The van der Waals surface area contributed by atoms with Crippen molar-refractivity contribution in [2.45, 2.75) is 11.8 Å². The minimum Gasteiger partial charge on any atom is -0.324 e. The van der Waals surface area contributed by atoms with Crippen molar-refractivity contribution in [1.82, 2.24) is 0 Å². The third-order valence-corrected chi connectivity index (χ3v) is 6.90. The molecule has 0 aromatic heterocycles. The molecule has 11 heteroatoms. The zero-order chi connectivity index (χ0) is 23.5. The largest absolute Gasteiger partial charge is 0.324 e. The normalized spacial score (nSPS) is 11.1. The zero-order valence-corrected chi connectivity index (χ0v) is 19.0. The molecule has 0 radical (unpaired) electrons. The Morgan fingerprint density at radius 1 is 1.06 bits per heavy atom. The molecule has 166 valence electrons. The van der Waals surface area contributed by atoms with E-state index in [-0.39, 0.29) is 37.6 Å². The third-order valence-electron chi connectivity index (χ3n) is 4.57. The number of amides is 1. The Hall–Kier alpha value is -3.14. The number of rotatable bonds is 7. The molecule has 0 unspecified atom stereocenters. The van der Waals surface area contributed by atoms with Crippen LogP contribution >= 0.6 is 23.2 Å². The van der Waals surface area contributed by atoms with Crippen LogP contribution in [-0.2, 0) is 14.8 Å². The van der Waals surface area contributed by atoms with Gasteiger partial charge in [0.1, 0.15) is 6.54 Å². The fraction of sp³-hybridized carbons (Fsp3) is 0.0952. The quantitative estimate of drug-likeness (QED) is 0.366. The van der Waals surface area contributed by atoms with Gasteiger partial charge in [-0.15, -0.1) is 0 Å². The van der Waals surface area contributed by atoms with Crippen molar-refractivity contribution in [2.75, 3.05) is 16.2 Å². The average molecular weight is 494 g/mol. The van der Waals surface area contributed by atoms with E-state index in [1.54, 1.807) is 18.2 Å². The molecule has 0 spiro atoms. The molecule has 0 saturated carbocycles. The average Bonchev–Trinajstić information content (AvgIpc) is 2.75. The molecular formula is C21H17Cl2N3O5S. The first-order valence-electron chi connectivity index (χ1n) is 9.18. The van der Waals surface area contributed by atoms with Crippen LogP contribution in [0.4, 0.5) is 17.1 Å². The first kappa shape index (κ1) is 23.5. The molecule has 32 heavy (non-hydrogen) atoms. The molecule has 3 rings (SSSR count). The second kappa shape index (κ2) is 9.56. The minimum absolute atomic E-state index is 0.0222. The highest BCUT2D eigenvalue weighted by Gasteiger charge is 2.29. The van der Waals surface area contributed by atoms with E-state index in [1.165, 1.54) is 55.5 Å². The zero-order valence-electron chi connectivity index (χ0n) is 16.7. The molecule has 3 aromatic carbocycles. The molecule has 0 atom stereocenters. The van der Waals surface area contributed by atoms with Gasteiger partial charge in [0.25, 0.3) is 15.7 Å². The number of benzene rings is 3. The maximum Gasteiger partial charge on any atom is 0.274 e. The molecule has 0 aliphatic rings. The number of nitrogens with zero attached hydrogens (tertiary/aromatic N) is 2. The monoisotopic (exact) mass is 493 g/mol. The Bertz CT molecular complexity index is 1280. The number of carbonyl (C=O) groups excluding carboxylic acids is 1. The third kappa shape index (κ3) is 5.01. The fourth-order valence-corrected chi connectivity index (χ4v) is 4.86. The van der Waals surface area contributed by atoms with E-state index in [4.69, 9.17) is 23.2 Å². The number of anilines is 2. The lowest BCUT2D eigenvalue weighted by atomic mass is 10.1. The van der Waals surface area contributed by atoms with Gasteiger partial charge in [-0.3, -0.25) is 19.2 Å². The van der Waals surface area contributed by atoms with E-state index < -0.39 is 27.4 Å². The van der Waals surface area contributed by atoms with Crippen molar-refractivity contribution in [3.8, 4) is 0 Å². The Balaban J connectivity index is 2.00. The summed E-state index contributed by atoms with van der Waals surface area (Å²) in [6.07, 6.45) is 0. The summed E-state index contributed by atoms with van der Waals surface area (Å²) in [5.41, 5.74) is 0.283. The second-order valence-corrected chi connectivity index (χ2v) is 9.38. The molecule has 0 aliphatic carbocycles. The van der Waals surface area contributed by atoms with Gasteiger partial charge in [0.2, 0.25) is 5.91 Å². The van der Waals surface area contributed by atoms with Crippen LogP contribution in [0.5, 0.6) is 0 Å². The molecule has 0 aliphatic heterocycles.